The average molecular weight is 383 g/mol. The molecule has 8 heteroatoms. The van der Waals surface area contributed by atoms with Gasteiger partial charge in [0.15, 0.2) is 5.70 Å². The Morgan fingerprint density at radius 3 is 2.26 bits per heavy atom. The van der Waals surface area contributed by atoms with Crippen LogP contribution in [0.25, 0.3) is 0 Å². The summed E-state index contributed by atoms with van der Waals surface area (Å²) in [7, 11) is 0. The Morgan fingerprint density at radius 2 is 1.81 bits per heavy atom. The lowest BCUT2D eigenvalue weighted by Gasteiger charge is -2.26. The lowest BCUT2D eigenvalue weighted by molar-refractivity contribution is -0.151. The van der Waals surface area contributed by atoms with Gasteiger partial charge in [-0.2, -0.15) is 5.26 Å². The third kappa shape index (κ3) is 3.59. The smallest absolute Gasteiger partial charge is 0.358 e. The molecule has 0 bridgehead atoms. The predicted octanol–water partition coefficient (Wildman–Crippen LogP) is 2.54. The molecule has 2 aliphatic heterocycles. The van der Waals surface area contributed by atoms with E-state index >= 15 is 0 Å². The first kappa shape index (κ1) is 18.7. The molecule has 2 heterocycles. The molecule has 0 spiro atoms. The van der Waals surface area contributed by atoms with E-state index in [9.17, 15) is 14.4 Å². The first-order chi connectivity index (χ1) is 12.7. The summed E-state index contributed by atoms with van der Waals surface area (Å²) in [5.41, 5.74) is -0.0328. The number of nitrogens with zero attached hydrogens (tertiary/aromatic N) is 2. The molecule has 0 fully saturated rings. The molecule has 0 radical (unpaired) electrons. The van der Waals surface area contributed by atoms with Crippen LogP contribution >= 0.6 is 11.8 Å². The Bertz CT molecular complexity index is 915. The van der Waals surface area contributed by atoms with Crippen LogP contribution in [0.1, 0.15) is 41.5 Å². The standard InChI is InChI=1S/C19H17N3O4S/c1-19(2,3)26-18(25)14(15-21-9-11(8-20)10-27-15)22-16(23)12-6-4-5-7-13(12)17(22)24/h4-7,9,21H,10H2,1-3H3/b15-14+. The molecule has 0 unspecified atom stereocenters. The first-order valence-electron chi connectivity index (χ1n) is 8.17. The fourth-order valence-electron chi connectivity index (χ4n) is 2.59. The average Bonchev–Trinajstić information content (AvgIpc) is 2.87. The van der Waals surface area contributed by atoms with Crippen LogP contribution in [0.3, 0.4) is 0 Å². The summed E-state index contributed by atoms with van der Waals surface area (Å²) in [6.07, 6.45) is 1.45. The maximum absolute atomic E-state index is 12.9. The summed E-state index contributed by atoms with van der Waals surface area (Å²) >= 11 is 1.16. The normalized spacial score (nSPS) is 18.3. The van der Waals surface area contributed by atoms with E-state index in [0.717, 1.165) is 16.7 Å². The third-order valence-electron chi connectivity index (χ3n) is 3.72. The second-order valence-electron chi connectivity index (χ2n) is 6.89. The summed E-state index contributed by atoms with van der Waals surface area (Å²) < 4.78 is 5.43. The Labute approximate surface area is 160 Å². The third-order valence-corrected chi connectivity index (χ3v) is 4.77. The van der Waals surface area contributed by atoms with Gasteiger partial charge in [0.1, 0.15) is 10.6 Å². The molecule has 2 aliphatic rings. The summed E-state index contributed by atoms with van der Waals surface area (Å²) in [4.78, 5) is 39.4. The largest absolute Gasteiger partial charge is 0.455 e. The topological polar surface area (TPSA) is 99.5 Å². The molecule has 0 saturated carbocycles. The number of thioether (sulfide) groups is 1. The summed E-state index contributed by atoms with van der Waals surface area (Å²) in [5.74, 6) is -1.64. The van der Waals surface area contributed by atoms with Crippen LogP contribution in [0, 0.1) is 11.3 Å². The van der Waals surface area contributed by atoms with Crippen LogP contribution in [0.5, 0.6) is 0 Å². The maximum atomic E-state index is 12.9. The van der Waals surface area contributed by atoms with Gasteiger partial charge in [0, 0.05) is 12.0 Å². The van der Waals surface area contributed by atoms with Crippen molar-refractivity contribution in [3.05, 3.63) is 57.9 Å². The lowest BCUT2D eigenvalue weighted by Crippen LogP contribution is -2.38. The molecule has 0 aromatic heterocycles. The second kappa shape index (κ2) is 6.93. The number of nitriles is 1. The number of fused-ring (bicyclic) bond motifs is 1. The van der Waals surface area contributed by atoms with Crippen LogP contribution < -0.4 is 5.32 Å². The molecule has 7 nitrogen and oxygen atoms in total. The predicted molar refractivity (Wildman–Crippen MR) is 99.1 cm³/mol. The van der Waals surface area contributed by atoms with E-state index in [2.05, 4.69) is 5.32 Å². The molecule has 0 atom stereocenters. The van der Waals surface area contributed by atoms with E-state index in [1.165, 1.54) is 6.20 Å². The SMILES string of the molecule is CC(C)(C)OC(=O)/C(=C1/NC=C(C#N)CS1)N1C(=O)c2ccccc2C1=O. The summed E-state index contributed by atoms with van der Waals surface area (Å²) in [6.45, 7) is 5.10. The molecule has 1 aromatic carbocycles. The number of carbonyl (C=O) groups excluding carboxylic acids is 3. The Hall–Kier alpha value is -3.05. The number of imide groups is 1. The number of esters is 1. The molecular weight excluding hydrogens is 366 g/mol. The van der Waals surface area contributed by atoms with Crippen LogP contribution in [-0.4, -0.2) is 34.0 Å². The maximum Gasteiger partial charge on any atom is 0.358 e. The highest BCUT2D eigenvalue weighted by Crippen LogP contribution is 2.33. The number of amides is 2. The van der Waals surface area contributed by atoms with E-state index < -0.39 is 23.4 Å². The fraction of sp³-hybridized carbons (Fsp3) is 0.263. The first-order valence-corrected chi connectivity index (χ1v) is 9.15. The summed E-state index contributed by atoms with van der Waals surface area (Å²) in [6, 6.07) is 8.42. The van der Waals surface area contributed by atoms with Crippen LogP contribution in [0.15, 0.2) is 46.8 Å². The van der Waals surface area contributed by atoms with Crippen molar-refractivity contribution >= 4 is 29.5 Å². The van der Waals surface area contributed by atoms with Crippen LogP contribution in [-0.2, 0) is 9.53 Å². The second-order valence-corrected chi connectivity index (χ2v) is 7.87. The molecule has 2 amide bonds. The molecule has 0 aliphatic carbocycles. The van der Waals surface area contributed by atoms with E-state index in [4.69, 9.17) is 10.00 Å². The summed E-state index contributed by atoms with van der Waals surface area (Å²) in [5, 5.41) is 12.1. The van der Waals surface area contributed by atoms with E-state index in [1.54, 1.807) is 45.0 Å². The van der Waals surface area contributed by atoms with Crippen molar-refractivity contribution in [2.75, 3.05) is 5.75 Å². The number of benzene rings is 1. The van der Waals surface area contributed by atoms with Gasteiger partial charge in [-0.25, -0.2) is 9.69 Å². The molecule has 1 aromatic rings. The lowest BCUT2D eigenvalue weighted by atomic mass is 10.1. The Kier molecular flexibility index (Phi) is 4.81. The quantitative estimate of drug-likeness (QED) is 0.476. The van der Waals surface area contributed by atoms with E-state index in [1.807, 2.05) is 6.07 Å². The molecule has 27 heavy (non-hydrogen) atoms. The minimum absolute atomic E-state index is 0.172. The Morgan fingerprint density at radius 1 is 1.22 bits per heavy atom. The fourth-order valence-corrected chi connectivity index (χ4v) is 3.49. The zero-order valence-electron chi connectivity index (χ0n) is 15.0. The van der Waals surface area contributed by atoms with Crippen molar-refractivity contribution in [1.29, 1.82) is 5.26 Å². The molecule has 1 N–H and O–H groups in total. The van der Waals surface area contributed by atoms with Gasteiger partial charge in [-0.15, -0.1) is 11.8 Å². The van der Waals surface area contributed by atoms with Crippen molar-refractivity contribution < 1.29 is 19.1 Å². The van der Waals surface area contributed by atoms with E-state index in [0.29, 0.717) is 11.3 Å². The van der Waals surface area contributed by atoms with Crippen LogP contribution in [0.2, 0.25) is 0 Å². The molecular formula is C19H17N3O4S. The zero-order chi connectivity index (χ0) is 19.8. The van der Waals surface area contributed by atoms with Crippen molar-refractivity contribution in [1.82, 2.24) is 10.2 Å². The highest BCUT2D eigenvalue weighted by Gasteiger charge is 2.43. The highest BCUT2D eigenvalue weighted by atomic mass is 32.2. The van der Waals surface area contributed by atoms with Crippen molar-refractivity contribution in [2.45, 2.75) is 26.4 Å². The van der Waals surface area contributed by atoms with Crippen molar-refractivity contribution in [2.24, 2.45) is 0 Å². The molecule has 138 valence electrons. The molecule has 0 saturated heterocycles. The van der Waals surface area contributed by atoms with Gasteiger partial charge in [-0.05, 0) is 32.9 Å². The van der Waals surface area contributed by atoms with Gasteiger partial charge in [-0.1, -0.05) is 12.1 Å². The van der Waals surface area contributed by atoms with Gasteiger partial charge in [0.2, 0.25) is 0 Å². The Balaban J connectivity index is 2.08. The van der Waals surface area contributed by atoms with Crippen molar-refractivity contribution in [3.63, 3.8) is 0 Å². The zero-order valence-corrected chi connectivity index (χ0v) is 15.8. The number of rotatable bonds is 2. The minimum atomic E-state index is -0.811. The van der Waals surface area contributed by atoms with E-state index in [-0.39, 0.29) is 21.9 Å². The van der Waals surface area contributed by atoms with Gasteiger partial charge in [0.05, 0.1) is 22.8 Å². The number of nitrogens with one attached hydrogen (secondary N) is 1. The monoisotopic (exact) mass is 383 g/mol. The highest BCUT2D eigenvalue weighted by molar-refractivity contribution is 8.03. The number of carbonyl (C=O) groups is 3. The molecule has 3 rings (SSSR count). The van der Waals surface area contributed by atoms with Gasteiger partial charge in [-0.3, -0.25) is 9.59 Å². The van der Waals surface area contributed by atoms with Gasteiger partial charge in [0.25, 0.3) is 11.8 Å². The number of hydrogen-bond acceptors (Lipinski definition) is 7. The van der Waals surface area contributed by atoms with Gasteiger partial charge >= 0.3 is 5.97 Å². The van der Waals surface area contributed by atoms with Crippen LogP contribution in [0.4, 0.5) is 0 Å². The minimum Gasteiger partial charge on any atom is -0.455 e. The number of ether oxygens (including phenoxy) is 1. The van der Waals surface area contributed by atoms with Crippen molar-refractivity contribution in [3.8, 4) is 6.07 Å². The number of hydrogen-bond donors (Lipinski definition) is 1. The van der Waals surface area contributed by atoms with Gasteiger partial charge < -0.3 is 10.1 Å².